The highest BCUT2D eigenvalue weighted by Crippen LogP contribution is 2.20. The van der Waals surface area contributed by atoms with E-state index in [4.69, 9.17) is 4.74 Å². The molecule has 0 N–H and O–H groups in total. The summed E-state index contributed by atoms with van der Waals surface area (Å²) in [4.78, 5) is 13.2. The molecule has 0 amide bonds. The first-order chi connectivity index (χ1) is 9.04. The summed E-state index contributed by atoms with van der Waals surface area (Å²) in [5, 5.41) is 14.0. The summed E-state index contributed by atoms with van der Waals surface area (Å²) in [6.07, 6.45) is 1.24. The molecule has 0 aliphatic carbocycles. The zero-order valence-corrected chi connectivity index (χ0v) is 11.1. The molecule has 1 heterocycles. The van der Waals surface area contributed by atoms with Crippen LogP contribution in [0.1, 0.15) is 0 Å². The summed E-state index contributed by atoms with van der Waals surface area (Å²) < 4.78 is 20.2. The largest absolute Gasteiger partial charge is 0.491 e. The van der Waals surface area contributed by atoms with Crippen LogP contribution in [0.3, 0.4) is 0 Å². The Balaban J connectivity index is 1.90. The molecule has 0 saturated heterocycles. The van der Waals surface area contributed by atoms with Crippen molar-refractivity contribution in [3.63, 3.8) is 0 Å². The topological polar surface area (TPSA) is 83.1 Å². The third-order valence-electron chi connectivity index (χ3n) is 2.11. The molecule has 19 heavy (non-hydrogen) atoms. The minimum atomic E-state index is -0.680. The third kappa shape index (κ3) is 3.71. The second kappa shape index (κ2) is 5.74. The summed E-state index contributed by atoms with van der Waals surface area (Å²) in [6, 6.07) is 4.18. The van der Waals surface area contributed by atoms with E-state index in [-0.39, 0.29) is 13.2 Å². The predicted octanol–water partition coefficient (Wildman–Crippen LogP) is 2.17. The first-order valence-electron chi connectivity index (χ1n) is 5.17. The molecule has 0 bridgehead atoms. The van der Waals surface area contributed by atoms with E-state index in [0.29, 0.717) is 10.2 Å². The van der Waals surface area contributed by atoms with Crippen molar-refractivity contribution in [1.82, 2.24) is 14.8 Å². The van der Waals surface area contributed by atoms with E-state index in [9.17, 15) is 14.5 Å². The van der Waals surface area contributed by atoms with E-state index < -0.39 is 16.7 Å². The molecule has 0 saturated carbocycles. The zero-order chi connectivity index (χ0) is 13.8. The van der Waals surface area contributed by atoms with Gasteiger partial charge in [-0.3, -0.25) is 0 Å². The minimum Gasteiger partial charge on any atom is -0.491 e. The number of benzene rings is 1. The molecule has 0 atom stereocenters. The SMILES string of the molecule is O=[N+]([O-])c1ncn(CCOc2cc(F)cc(Br)c2)n1. The van der Waals surface area contributed by atoms with Gasteiger partial charge in [-0.15, -0.1) is 0 Å². The van der Waals surface area contributed by atoms with Gasteiger partial charge in [-0.2, -0.15) is 4.68 Å². The Morgan fingerprint density at radius 1 is 1.47 bits per heavy atom. The van der Waals surface area contributed by atoms with Gasteiger partial charge in [0.25, 0.3) is 0 Å². The van der Waals surface area contributed by atoms with Gasteiger partial charge in [-0.1, -0.05) is 20.9 Å². The smallest absolute Gasteiger partial charge is 0.490 e. The summed E-state index contributed by atoms with van der Waals surface area (Å²) in [5.74, 6) is -0.518. The van der Waals surface area contributed by atoms with Crippen LogP contribution in [0, 0.1) is 15.9 Å². The first kappa shape index (κ1) is 13.4. The lowest BCUT2D eigenvalue weighted by Gasteiger charge is -2.05. The molecular formula is C10H8BrFN4O3. The van der Waals surface area contributed by atoms with Gasteiger partial charge in [0.15, 0.2) is 0 Å². The normalized spacial score (nSPS) is 10.4. The second-order valence-corrected chi connectivity index (χ2v) is 4.43. The molecule has 0 unspecified atom stereocenters. The average molecular weight is 331 g/mol. The van der Waals surface area contributed by atoms with Gasteiger partial charge in [0.05, 0.1) is 6.54 Å². The second-order valence-electron chi connectivity index (χ2n) is 3.52. The molecule has 100 valence electrons. The van der Waals surface area contributed by atoms with E-state index >= 15 is 0 Å². The van der Waals surface area contributed by atoms with Gasteiger partial charge < -0.3 is 14.9 Å². The molecule has 9 heteroatoms. The van der Waals surface area contributed by atoms with E-state index in [1.165, 1.54) is 23.1 Å². The molecule has 1 aromatic carbocycles. The Morgan fingerprint density at radius 2 is 2.26 bits per heavy atom. The zero-order valence-electron chi connectivity index (χ0n) is 9.49. The fraction of sp³-hybridized carbons (Fsp3) is 0.200. The lowest BCUT2D eigenvalue weighted by molar-refractivity contribution is -0.394. The van der Waals surface area contributed by atoms with Crippen LogP contribution >= 0.6 is 15.9 Å². The number of ether oxygens (including phenoxy) is 1. The van der Waals surface area contributed by atoms with E-state index in [2.05, 4.69) is 26.0 Å². The van der Waals surface area contributed by atoms with E-state index in [1.807, 2.05) is 0 Å². The maximum atomic E-state index is 13.1. The number of halogens is 2. The number of hydrogen-bond acceptors (Lipinski definition) is 5. The molecule has 0 spiro atoms. The van der Waals surface area contributed by atoms with Crippen LogP contribution < -0.4 is 4.74 Å². The lowest BCUT2D eigenvalue weighted by atomic mass is 10.3. The highest BCUT2D eigenvalue weighted by molar-refractivity contribution is 9.10. The Morgan fingerprint density at radius 3 is 2.89 bits per heavy atom. The van der Waals surface area contributed by atoms with Crippen LogP contribution in [0.5, 0.6) is 5.75 Å². The third-order valence-corrected chi connectivity index (χ3v) is 2.57. The monoisotopic (exact) mass is 330 g/mol. The molecule has 2 rings (SSSR count). The molecule has 7 nitrogen and oxygen atoms in total. The van der Waals surface area contributed by atoms with E-state index in [0.717, 1.165) is 0 Å². The fourth-order valence-electron chi connectivity index (χ4n) is 1.35. The van der Waals surface area contributed by atoms with Crippen molar-refractivity contribution in [2.45, 2.75) is 6.54 Å². The fourth-order valence-corrected chi connectivity index (χ4v) is 1.79. The van der Waals surface area contributed by atoms with Crippen LogP contribution in [0.25, 0.3) is 0 Å². The van der Waals surface area contributed by atoms with Crippen molar-refractivity contribution in [1.29, 1.82) is 0 Å². The Bertz CT molecular complexity index is 584. The van der Waals surface area contributed by atoms with E-state index in [1.54, 1.807) is 6.07 Å². The van der Waals surface area contributed by atoms with Crippen LogP contribution in [-0.4, -0.2) is 26.3 Å². The first-order valence-corrected chi connectivity index (χ1v) is 5.96. The summed E-state index contributed by atoms with van der Waals surface area (Å²) >= 11 is 3.15. The number of nitrogens with zero attached hydrogens (tertiary/aromatic N) is 4. The van der Waals surface area contributed by atoms with Crippen LogP contribution in [0.2, 0.25) is 0 Å². The quantitative estimate of drug-likeness (QED) is 0.619. The minimum absolute atomic E-state index is 0.191. The van der Waals surface area contributed by atoms with Gasteiger partial charge in [-0.05, 0) is 17.1 Å². The predicted molar refractivity (Wildman–Crippen MR) is 66.3 cm³/mol. The Kier molecular flexibility index (Phi) is 4.05. The van der Waals surface area contributed by atoms with Crippen molar-refractivity contribution in [2.24, 2.45) is 0 Å². The van der Waals surface area contributed by atoms with Crippen molar-refractivity contribution < 1.29 is 14.1 Å². The van der Waals surface area contributed by atoms with Crippen LogP contribution in [0.15, 0.2) is 29.0 Å². The van der Waals surface area contributed by atoms with Crippen molar-refractivity contribution in [3.8, 4) is 5.75 Å². The highest BCUT2D eigenvalue weighted by Gasteiger charge is 2.12. The average Bonchev–Trinajstić information content (AvgIpc) is 2.76. The molecule has 2 aromatic rings. The van der Waals surface area contributed by atoms with Crippen molar-refractivity contribution >= 4 is 21.9 Å². The number of nitro groups is 1. The van der Waals surface area contributed by atoms with Gasteiger partial charge in [0.2, 0.25) is 6.33 Å². The van der Waals surface area contributed by atoms with Crippen molar-refractivity contribution in [3.05, 3.63) is 44.9 Å². The number of aromatic nitrogens is 3. The van der Waals surface area contributed by atoms with Gasteiger partial charge in [-0.25, -0.2) is 4.39 Å². The molecule has 0 aliphatic rings. The standard InChI is InChI=1S/C10H8BrFN4O3/c11-7-3-8(12)5-9(4-7)19-2-1-15-6-13-10(14-15)16(17)18/h3-6H,1-2H2. The van der Waals surface area contributed by atoms with Gasteiger partial charge in [0.1, 0.15) is 18.2 Å². The Hall–Kier alpha value is -2.03. The highest BCUT2D eigenvalue weighted by atomic mass is 79.9. The summed E-state index contributed by atoms with van der Waals surface area (Å²) in [6.45, 7) is 0.464. The molecule has 0 radical (unpaired) electrons. The molecule has 1 aromatic heterocycles. The summed E-state index contributed by atoms with van der Waals surface area (Å²) in [5.41, 5.74) is 0. The van der Waals surface area contributed by atoms with Gasteiger partial charge >= 0.3 is 5.95 Å². The van der Waals surface area contributed by atoms with Gasteiger partial charge in [0, 0.05) is 15.6 Å². The Labute approximate surface area is 115 Å². The molecule has 0 fully saturated rings. The maximum Gasteiger partial charge on any atom is 0.490 e. The lowest BCUT2D eigenvalue weighted by Crippen LogP contribution is -2.09. The van der Waals surface area contributed by atoms with Crippen molar-refractivity contribution in [2.75, 3.05) is 6.61 Å². The number of hydrogen-bond donors (Lipinski definition) is 0. The summed E-state index contributed by atoms with van der Waals surface area (Å²) in [7, 11) is 0. The van der Waals surface area contributed by atoms with Crippen LogP contribution in [0.4, 0.5) is 10.3 Å². The number of rotatable bonds is 5. The molecular weight excluding hydrogens is 323 g/mol. The maximum absolute atomic E-state index is 13.1. The molecule has 0 aliphatic heterocycles. The van der Waals surface area contributed by atoms with Crippen LogP contribution in [-0.2, 0) is 6.54 Å².